The lowest BCUT2D eigenvalue weighted by atomic mass is 10.1. The Kier molecular flexibility index (Phi) is 5.60. The average Bonchev–Trinajstić information content (AvgIpc) is 2.28. The number of hydrogen-bond acceptors (Lipinski definition) is 2. The summed E-state index contributed by atoms with van der Waals surface area (Å²) in [4.78, 5) is 0. The summed E-state index contributed by atoms with van der Waals surface area (Å²) in [6, 6.07) is 5.08. The summed E-state index contributed by atoms with van der Waals surface area (Å²) in [5, 5.41) is 3.36. The highest BCUT2D eigenvalue weighted by Gasteiger charge is 2.16. The van der Waals surface area contributed by atoms with E-state index in [4.69, 9.17) is 4.74 Å². The van der Waals surface area contributed by atoms with Crippen LogP contribution in [0.4, 0.5) is 4.39 Å². The number of benzene rings is 1. The van der Waals surface area contributed by atoms with Gasteiger partial charge in [0.1, 0.15) is 17.7 Å². The fraction of sp³-hybridized carbons (Fsp3) is 0.600. The lowest BCUT2D eigenvalue weighted by Gasteiger charge is -2.25. The van der Waals surface area contributed by atoms with E-state index >= 15 is 0 Å². The molecular formula is C15H24FNO. The Morgan fingerprint density at radius 2 is 1.89 bits per heavy atom. The Labute approximate surface area is 110 Å². The van der Waals surface area contributed by atoms with Gasteiger partial charge in [0.05, 0.1) is 0 Å². The Balaban J connectivity index is 2.73. The topological polar surface area (TPSA) is 21.3 Å². The Hall–Kier alpha value is -1.09. The van der Waals surface area contributed by atoms with Gasteiger partial charge < -0.3 is 10.1 Å². The zero-order valence-corrected chi connectivity index (χ0v) is 12.0. The van der Waals surface area contributed by atoms with Gasteiger partial charge in [-0.2, -0.15) is 0 Å². The van der Waals surface area contributed by atoms with E-state index in [1.807, 2.05) is 6.92 Å². The summed E-state index contributed by atoms with van der Waals surface area (Å²) in [5.74, 6) is 0.757. The lowest BCUT2D eigenvalue weighted by molar-refractivity contribution is 0.145. The molecule has 1 aromatic rings. The molecular weight excluding hydrogens is 229 g/mol. The van der Waals surface area contributed by atoms with Crippen LogP contribution >= 0.6 is 0 Å². The monoisotopic (exact) mass is 253 g/mol. The van der Waals surface area contributed by atoms with Crippen LogP contribution in [-0.2, 0) is 0 Å². The third-order valence-corrected chi connectivity index (χ3v) is 2.90. The molecule has 1 aromatic carbocycles. The molecule has 0 heterocycles. The van der Waals surface area contributed by atoms with E-state index in [9.17, 15) is 4.39 Å². The molecule has 0 amide bonds. The minimum Gasteiger partial charge on any atom is -0.488 e. The Bertz CT molecular complexity index is 377. The van der Waals surface area contributed by atoms with Crippen molar-refractivity contribution in [2.45, 2.75) is 46.8 Å². The average molecular weight is 253 g/mol. The van der Waals surface area contributed by atoms with E-state index in [-0.39, 0.29) is 11.9 Å². The van der Waals surface area contributed by atoms with Crippen LogP contribution in [0.5, 0.6) is 5.75 Å². The van der Waals surface area contributed by atoms with Crippen LogP contribution in [0, 0.1) is 18.7 Å². The highest BCUT2D eigenvalue weighted by molar-refractivity contribution is 5.32. The van der Waals surface area contributed by atoms with Gasteiger partial charge in [-0.3, -0.25) is 0 Å². The number of aryl methyl sites for hydroxylation is 1. The third-order valence-electron chi connectivity index (χ3n) is 2.90. The predicted molar refractivity (Wildman–Crippen MR) is 73.5 cm³/mol. The second kappa shape index (κ2) is 6.74. The van der Waals surface area contributed by atoms with Crippen molar-refractivity contribution in [3.8, 4) is 5.75 Å². The third kappa shape index (κ3) is 4.65. The summed E-state index contributed by atoms with van der Waals surface area (Å²) in [7, 11) is 0. The van der Waals surface area contributed by atoms with Gasteiger partial charge in [0, 0.05) is 18.7 Å². The van der Waals surface area contributed by atoms with Crippen molar-refractivity contribution in [1.29, 1.82) is 0 Å². The molecule has 0 spiro atoms. The SMILES string of the molecule is Cc1ccc(F)cc1OC(CNC(C)C)C(C)C. The summed E-state index contributed by atoms with van der Waals surface area (Å²) in [5.41, 5.74) is 0.964. The smallest absolute Gasteiger partial charge is 0.126 e. The van der Waals surface area contributed by atoms with E-state index in [0.717, 1.165) is 12.1 Å². The van der Waals surface area contributed by atoms with Crippen LogP contribution in [0.25, 0.3) is 0 Å². The zero-order valence-electron chi connectivity index (χ0n) is 12.0. The number of rotatable bonds is 6. The molecule has 1 N–H and O–H groups in total. The summed E-state index contributed by atoms with van der Waals surface area (Å²) >= 11 is 0. The van der Waals surface area contributed by atoms with E-state index in [2.05, 4.69) is 33.0 Å². The molecule has 1 rings (SSSR count). The maximum absolute atomic E-state index is 13.2. The van der Waals surface area contributed by atoms with Crippen molar-refractivity contribution in [3.63, 3.8) is 0 Å². The molecule has 0 aliphatic heterocycles. The molecule has 2 nitrogen and oxygen atoms in total. The van der Waals surface area contributed by atoms with Gasteiger partial charge in [-0.15, -0.1) is 0 Å². The number of hydrogen-bond donors (Lipinski definition) is 1. The first-order chi connectivity index (χ1) is 8.40. The standard InChI is InChI=1S/C15H24FNO/c1-10(2)15(9-17-11(3)4)18-14-8-13(16)7-6-12(14)5/h6-8,10-11,15,17H,9H2,1-5H3. The fourth-order valence-electron chi connectivity index (χ4n) is 1.63. The van der Waals surface area contributed by atoms with Gasteiger partial charge in [0.15, 0.2) is 0 Å². The van der Waals surface area contributed by atoms with Crippen LogP contribution in [0.2, 0.25) is 0 Å². The van der Waals surface area contributed by atoms with Gasteiger partial charge >= 0.3 is 0 Å². The van der Waals surface area contributed by atoms with Crippen LogP contribution in [0.15, 0.2) is 18.2 Å². The first-order valence-electron chi connectivity index (χ1n) is 6.56. The van der Waals surface area contributed by atoms with E-state index in [1.54, 1.807) is 6.07 Å². The molecule has 1 atom stereocenters. The van der Waals surface area contributed by atoms with Gasteiger partial charge in [-0.1, -0.05) is 33.8 Å². The second-order valence-corrected chi connectivity index (χ2v) is 5.37. The van der Waals surface area contributed by atoms with Crippen molar-refractivity contribution in [3.05, 3.63) is 29.6 Å². The maximum atomic E-state index is 13.2. The molecule has 3 heteroatoms. The van der Waals surface area contributed by atoms with Crippen LogP contribution < -0.4 is 10.1 Å². The zero-order chi connectivity index (χ0) is 13.7. The molecule has 18 heavy (non-hydrogen) atoms. The molecule has 1 unspecified atom stereocenters. The quantitative estimate of drug-likeness (QED) is 0.837. The molecule has 0 saturated carbocycles. The Morgan fingerprint density at radius 3 is 2.44 bits per heavy atom. The molecule has 0 radical (unpaired) electrons. The molecule has 0 aliphatic rings. The molecule has 0 saturated heterocycles. The van der Waals surface area contributed by atoms with Crippen molar-refractivity contribution >= 4 is 0 Å². The minimum atomic E-state index is -0.255. The number of halogens is 1. The van der Waals surface area contributed by atoms with Crippen LogP contribution in [0.3, 0.4) is 0 Å². The van der Waals surface area contributed by atoms with E-state index < -0.39 is 0 Å². The van der Waals surface area contributed by atoms with Crippen LogP contribution in [-0.4, -0.2) is 18.7 Å². The van der Waals surface area contributed by atoms with Crippen molar-refractivity contribution in [2.24, 2.45) is 5.92 Å². The Morgan fingerprint density at radius 1 is 1.22 bits per heavy atom. The molecule has 102 valence electrons. The largest absolute Gasteiger partial charge is 0.488 e. The summed E-state index contributed by atoms with van der Waals surface area (Å²) in [6.45, 7) is 11.1. The number of nitrogens with one attached hydrogen (secondary N) is 1. The first-order valence-corrected chi connectivity index (χ1v) is 6.56. The predicted octanol–water partition coefficient (Wildman–Crippen LogP) is 3.54. The molecule has 0 aromatic heterocycles. The molecule has 0 bridgehead atoms. The summed E-state index contributed by atoms with van der Waals surface area (Å²) in [6.07, 6.45) is 0.0490. The van der Waals surface area contributed by atoms with Crippen molar-refractivity contribution in [2.75, 3.05) is 6.54 Å². The highest BCUT2D eigenvalue weighted by Crippen LogP contribution is 2.22. The maximum Gasteiger partial charge on any atom is 0.126 e. The fourth-order valence-corrected chi connectivity index (χ4v) is 1.63. The normalized spacial score (nSPS) is 13.1. The lowest BCUT2D eigenvalue weighted by Crippen LogP contribution is -2.38. The van der Waals surface area contributed by atoms with Crippen molar-refractivity contribution < 1.29 is 9.13 Å². The van der Waals surface area contributed by atoms with E-state index in [1.165, 1.54) is 12.1 Å². The van der Waals surface area contributed by atoms with E-state index in [0.29, 0.717) is 17.7 Å². The van der Waals surface area contributed by atoms with Gasteiger partial charge in [0.25, 0.3) is 0 Å². The van der Waals surface area contributed by atoms with Crippen molar-refractivity contribution in [1.82, 2.24) is 5.32 Å². The van der Waals surface area contributed by atoms with Crippen LogP contribution in [0.1, 0.15) is 33.3 Å². The van der Waals surface area contributed by atoms with Gasteiger partial charge in [-0.25, -0.2) is 4.39 Å². The highest BCUT2D eigenvalue weighted by atomic mass is 19.1. The number of ether oxygens (including phenoxy) is 1. The minimum absolute atomic E-state index is 0.0490. The second-order valence-electron chi connectivity index (χ2n) is 5.37. The first kappa shape index (κ1) is 15.0. The molecule has 0 aliphatic carbocycles. The van der Waals surface area contributed by atoms with Gasteiger partial charge in [-0.05, 0) is 24.5 Å². The van der Waals surface area contributed by atoms with Gasteiger partial charge in [0.2, 0.25) is 0 Å². The summed E-state index contributed by atoms with van der Waals surface area (Å²) < 4.78 is 19.2. The molecule has 0 fully saturated rings.